The molecule has 3 atom stereocenters. The molecule has 0 radical (unpaired) electrons. The summed E-state index contributed by atoms with van der Waals surface area (Å²) in [6, 6.07) is 10.1. The fourth-order valence-corrected chi connectivity index (χ4v) is 4.18. The largest absolute Gasteiger partial charge is 0.371 e. The highest BCUT2D eigenvalue weighted by atomic mass is 16.6. The second-order valence-electron chi connectivity index (χ2n) is 8.02. The van der Waals surface area contributed by atoms with Gasteiger partial charge in [-0.05, 0) is 56.4 Å². The minimum atomic E-state index is -0.454. The molecule has 1 saturated carbocycles. The van der Waals surface area contributed by atoms with Gasteiger partial charge >= 0.3 is 0 Å². The quantitative estimate of drug-likeness (QED) is 0.434. The van der Waals surface area contributed by atoms with Gasteiger partial charge in [0.05, 0.1) is 16.7 Å². The van der Waals surface area contributed by atoms with Crippen LogP contribution < -0.4 is 10.6 Å². The molecular weight excluding hydrogens is 380 g/mol. The molecule has 1 aliphatic carbocycles. The number of amides is 1. The van der Waals surface area contributed by atoms with Gasteiger partial charge in [0.15, 0.2) is 0 Å². The number of nitro groups is 1. The average molecular weight is 411 g/mol. The maximum absolute atomic E-state index is 12.8. The number of hydrogen-bond donors (Lipinski definition) is 2. The molecule has 0 bridgehead atoms. The minimum absolute atomic E-state index is 0.112. The lowest BCUT2D eigenvalue weighted by Crippen LogP contribution is -2.37. The number of unbranched alkanes of at least 4 members (excludes halogenated alkanes) is 1. The molecule has 1 fully saturated rings. The number of aromatic nitrogens is 1. The van der Waals surface area contributed by atoms with Crippen LogP contribution in [0.1, 0.15) is 74.5 Å². The molecule has 1 aromatic carbocycles. The van der Waals surface area contributed by atoms with Crippen LogP contribution >= 0.6 is 0 Å². The number of nitrogens with zero attached hydrogens (tertiary/aromatic N) is 2. The summed E-state index contributed by atoms with van der Waals surface area (Å²) < 4.78 is 0. The molecule has 0 saturated heterocycles. The Morgan fingerprint density at radius 2 is 2.13 bits per heavy atom. The Hall–Kier alpha value is -2.96. The van der Waals surface area contributed by atoms with E-state index >= 15 is 0 Å². The lowest BCUT2D eigenvalue weighted by Gasteiger charge is -2.21. The molecule has 160 valence electrons. The van der Waals surface area contributed by atoms with E-state index < -0.39 is 4.92 Å². The Balaban J connectivity index is 1.72. The van der Waals surface area contributed by atoms with E-state index in [2.05, 4.69) is 22.5 Å². The number of nitro benzene ring substituents is 1. The van der Waals surface area contributed by atoms with Crippen molar-refractivity contribution in [3.8, 4) is 0 Å². The van der Waals surface area contributed by atoms with Gasteiger partial charge in [-0.1, -0.05) is 32.3 Å². The fraction of sp³-hybridized carbons (Fsp3) is 0.478. The number of anilines is 1. The Morgan fingerprint density at radius 3 is 2.83 bits per heavy atom. The fourth-order valence-electron chi connectivity index (χ4n) is 4.18. The first-order valence-corrected chi connectivity index (χ1v) is 10.8. The highest BCUT2D eigenvalue weighted by molar-refractivity contribution is 5.96. The summed E-state index contributed by atoms with van der Waals surface area (Å²) in [5.74, 6) is 0.264. The number of hydrogen-bond acceptors (Lipinski definition) is 5. The lowest BCUT2D eigenvalue weighted by molar-refractivity contribution is -0.384. The minimum Gasteiger partial charge on any atom is -0.371 e. The van der Waals surface area contributed by atoms with Crippen LogP contribution in [0.25, 0.3) is 0 Å². The summed E-state index contributed by atoms with van der Waals surface area (Å²) in [4.78, 5) is 28.3. The lowest BCUT2D eigenvalue weighted by atomic mass is 9.96. The Labute approximate surface area is 177 Å². The summed E-state index contributed by atoms with van der Waals surface area (Å²) in [6.45, 7) is 4.06. The number of pyridine rings is 1. The zero-order valence-electron chi connectivity index (χ0n) is 17.6. The number of carbonyl (C=O) groups is 1. The molecule has 0 aliphatic heterocycles. The predicted octanol–water partition coefficient (Wildman–Crippen LogP) is 5.25. The third-order valence-electron chi connectivity index (χ3n) is 5.86. The van der Waals surface area contributed by atoms with E-state index in [1.165, 1.54) is 6.07 Å². The molecule has 3 unspecified atom stereocenters. The van der Waals surface area contributed by atoms with E-state index in [0.29, 0.717) is 17.2 Å². The molecule has 2 aromatic rings. The van der Waals surface area contributed by atoms with Gasteiger partial charge < -0.3 is 10.6 Å². The Morgan fingerprint density at radius 1 is 1.30 bits per heavy atom. The zero-order chi connectivity index (χ0) is 21.5. The Kier molecular flexibility index (Phi) is 7.38. The normalized spacial score (nSPS) is 19.3. The highest BCUT2D eigenvalue weighted by Gasteiger charge is 2.29. The van der Waals surface area contributed by atoms with Crippen molar-refractivity contribution >= 4 is 17.3 Å². The van der Waals surface area contributed by atoms with Gasteiger partial charge in [-0.15, -0.1) is 0 Å². The third kappa shape index (κ3) is 5.34. The molecular formula is C23H30N4O3. The summed E-state index contributed by atoms with van der Waals surface area (Å²) >= 11 is 0. The molecule has 1 aliphatic rings. The van der Waals surface area contributed by atoms with E-state index in [9.17, 15) is 14.9 Å². The van der Waals surface area contributed by atoms with Crippen molar-refractivity contribution in [3.63, 3.8) is 0 Å². The van der Waals surface area contributed by atoms with E-state index in [0.717, 1.165) is 44.2 Å². The zero-order valence-corrected chi connectivity index (χ0v) is 17.6. The number of nitrogens with one attached hydrogen (secondary N) is 2. The van der Waals surface area contributed by atoms with Crippen molar-refractivity contribution in [3.05, 3.63) is 64.0 Å². The van der Waals surface area contributed by atoms with Crippen molar-refractivity contribution in [1.82, 2.24) is 10.3 Å². The van der Waals surface area contributed by atoms with Gasteiger partial charge in [-0.25, -0.2) is 0 Å². The first-order valence-electron chi connectivity index (χ1n) is 10.8. The summed E-state index contributed by atoms with van der Waals surface area (Å²) in [6.07, 6.45) is 8.35. The van der Waals surface area contributed by atoms with E-state index in [1.807, 2.05) is 25.1 Å². The number of rotatable bonds is 9. The van der Waals surface area contributed by atoms with Crippen molar-refractivity contribution in [1.29, 1.82) is 0 Å². The molecule has 2 N–H and O–H groups in total. The van der Waals surface area contributed by atoms with Crippen LogP contribution in [0.5, 0.6) is 0 Å². The molecule has 1 aromatic heterocycles. The second-order valence-corrected chi connectivity index (χ2v) is 8.02. The molecule has 30 heavy (non-hydrogen) atoms. The number of benzene rings is 1. The van der Waals surface area contributed by atoms with Gasteiger partial charge in [0, 0.05) is 23.9 Å². The maximum Gasteiger partial charge on any atom is 0.293 e. The van der Waals surface area contributed by atoms with Crippen LogP contribution in [0.3, 0.4) is 0 Å². The Bertz CT molecular complexity index is 872. The monoisotopic (exact) mass is 410 g/mol. The van der Waals surface area contributed by atoms with Gasteiger partial charge in [0.1, 0.15) is 5.69 Å². The van der Waals surface area contributed by atoms with Crippen molar-refractivity contribution in [2.75, 3.05) is 5.32 Å². The molecule has 7 nitrogen and oxygen atoms in total. The topological polar surface area (TPSA) is 97.2 Å². The molecule has 3 rings (SSSR count). The number of carbonyl (C=O) groups excluding carboxylic acids is 1. The van der Waals surface area contributed by atoms with Crippen LogP contribution in [0.15, 0.2) is 42.6 Å². The van der Waals surface area contributed by atoms with Gasteiger partial charge in [0.25, 0.3) is 11.6 Å². The first-order chi connectivity index (χ1) is 14.5. The van der Waals surface area contributed by atoms with Crippen LogP contribution in [-0.4, -0.2) is 21.9 Å². The summed E-state index contributed by atoms with van der Waals surface area (Å²) in [5.41, 5.74) is 1.36. The first kappa shape index (κ1) is 21.7. The van der Waals surface area contributed by atoms with E-state index in [4.69, 9.17) is 0 Å². The highest BCUT2D eigenvalue weighted by Crippen LogP contribution is 2.31. The summed E-state index contributed by atoms with van der Waals surface area (Å²) in [5, 5.41) is 17.9. The van der Waals surface area contributed by atoms with Crippen molar-refractivity contribution < 1.29 is 9.72 Å². The van der Waals surface area contributed by atoms with Crippen LogP contribution in [0.4, 0.5) is 11.4 Å². The van der Waals surface area contributed by atoms with Crippen LogP contribution in [0, 0.1) is 16.0 Å². The SMILES string of the molecule is CCCCC1CCCC1NC(=O)c1ccc(NC(C)c2ccccn2)c([N+](=O)[O-])c1. The molecule has 0 spiro atoms. The van der Waals surface area contributed by atoms with E-state index in [-0.39, 0.29) is 23.7 Å². The molecule has 1 amide bonds. The van der Waals surface area contributed by atoms with Crippen molar-refractivity contribution in [2.24, 2.45) is 5.92 Å². The summed E-state index contributed by atoms with van der Waals surface area (Å²) in [7, 11) is 0. The van der Waals surface area contributed by atoms with E-state index in [1.54, 1.807) is 18.3 Å². The van der Waals surface area contributed by atoms with Gasteiger partial charge in [-0.3, -0.25) is 19.9 Å². The van der Waals surface area contributed by atoms with Crippen molar-refractivity contribution in [2.45, 2.75) is 64.5 Å². The third-order valence-corrected chi connectivity index (χ3v) is 5.86. The van der Waals surface area contributed by atoms with Crippen LogP contribution in [0.2, 0.25) is 0 Å². The average Bonchev–Trinajstić information content (AvgIpc) is 3.19. The molecule has 7 heteroatoms. The second kappa shape index (κ2) is 10.2. The van der Waals surface area contributed by atoms with Gasteiger partial charge in [0.2, 0.25) is 0 Å². The predicted molar refractivity (Wildman–Crippen MR) is 117 cm³/mol. The van der Waals surface area contributed by atoms with Gasteiger partial charge in [-0.2, -0.15) is 0 Å². The standard InChI is InChI=1S/C23H30N4O3/c1-3-4-8-17-9-7-11-20(17)26-23(28)18-12-13-21(22(15-18)27(29)30)25-16(2)19-10-5-6-14-24-19/h5-6,10,12-17,20,25H,3-4,7-9,11H2,1-2H3,(H,26,28). The smallest absolute Gasteiger partial charge is 0.293 e. The molecule has 1 heterocycles. The van der Waals surface area contributed by atoms with Crippen LogP contribution in [-0.2, 0) is 0 Å². The maximum atomic E-state index is 12.8.